The van der Waals surface area contributed by atoms with Crippen LogP contribution in [0.25, 0.3) is 10.9 Å². The van der Waals surface area contributed by atoms with E-state index in [2.05, 4.69) is 16.0 Å². The van der Waals surface area contributed by atoms with Crippen molar-refractivity contribution in [3.63, 3.8) is 0 Å². The van der Waals surface area contributed by atoms with E-state index in [0.29, 0.717) is 45.1 Å². The van der Waals surface area contributed by atoms with Crippen molar-refractivity contribution in [1.29, 1.82) is 0 Å². The van der Waals surface area contributed by atoms with Crippen molar-refractivity contribution in [3.05, 3.63) is 36.0 Å². The van der Waals surface area contributed by atoms with E-state index < -0.39 is 36.0 Å². The smallest absolute Gasteiger partial charge is 0.245 e. The molecule has 0 spiro atoms. The van der Waals surface area contributed by atoms with Gasteiger partial charge in [-0.15, -0.1) is 0 Å². The van der Waals surface area contributed by atoms with Crippen LogP contribution in [0.5, 0.6) is 0 Å². The number of fused-ring (bicyclic) bond motifs is 2. The highest BCUT2D eigenvalue weighted by molar-refractivity contribution is 5.98. The van der Waals surface area contributed by atoms with Crippen molar-refractivity contribution in [1.82, 2.24) is 25.6 Å². The summed E-state index contributed by atoms with van der Waals surface area (Å²) >= 11 is 0. The molecule has 246 valence electrons. The molecule has 0 radical (unpaired) electrons. The molecule has 4 rings (SSSR count). The summed E-state index contributed by atoms with van der Waals surface area (Å²) in [5.74, 6) is -1.51. The summed E-state index contributed by atoms with van der Waals surface area (Å²) in [6, 6.07) is 4.20. The zero-order valence-corrected chi connectivity index (χ0v) is 27.1. The standard InChI is InChI=1S/C34H49N5O6/c1-5-22(3)30-33(43)36-27(20-23-21-39(45-4)28-17-11-10-15-25(23)28)31(41)35-26(16-9-7-8-14-24(40)6-2)34(44)38-19-13-12-18-29(38)32(42)37-30/h10-11,15,17,21-22,26-27,29-30H,5-9,12-14,16,18-20H2,1-4H3,(H,35,41)(H,36,43)(H,37,42)/t22-,26-,27?,29?,30-/m0/s1. The van der Waals surface area contributed by atoms with Gasteiger partial charge in [0.15, 0.2) is 0 Å². The number of nitrogens with zero attached hydrogens (tertiary/aromatic N) is 2. The number of nitrogens with one attached hydrogen (secondary N) is 3. The van der Waals surface area contributed by atoms with Crippen molar-refractivity contribution in [3.8, 4) is 0 Å². The van der Waals surface area contributed by atoms with Crippen molar-refractivity contribution in [2.75, 3.05) is 13.7 Å². The fraction of sp³-hybridized carbons (Fsp3) is 0.618. The van der Waals surface area contributed by atoms with Gasteiger partial charge >= 0.3 is 0 Å². The highest BCUT2D eigenvalue weighted by atomic mass is 16.6. The number of hydrogen-bond donors (Lipinski definition) is 3. The molecule has 2 aliphatic heterocycles. The Morgan fingerprint density at radius 2 is 1.71 bits per heavy atom. The van der Waals surface area contributed by atoms with Gasteiger partial charge in [0.05, 0.1) is 5.52 Å². The van der Waals surface area contributed by atoms with E-state index in [1.54, 1.807) is 22.9 Å². The third-order valence-electron chi connectivity index (χ3n) is 9.35. The lowest BCUT2D eigenvalue weighted by Crippen LogP contribution is -2.64. The summed E-state index contributed by atoms with van der Waals surface area (Å²) < 4.78 is 1.62. The van der Waals surface area contributed by atoms with Gasteiger partial charge in [-0.25, -0.2) is 0 Å². The number of carbonyl (C=O) groups excluding carboxylic acids is 5. The molecule has 2 saturated heterocycles. The lowest BCUT2D eigenvalue weighted by molar-refractivity contribution is -0.147. The van der Waals surface area contributed by atoms with Gasteiger partial charge in [0, 0.05) is 37.4 Å². The number of Topliss-reactive ketones (excluding diaryl/α,β-unsaturated/α-hetero) is 1. The minimum absolute atomic E-state index is 0.155. The predicted molar refractivity (Wildman–Crippen MR) is 171 cm³/mol. The van der Waals surface area contributed by atoms with E-state index in [0.717, 1.165) is 42.1 Å². The molecule has 3 N–H and O–H groups in total. The van der Waals surface area contributed by atoms with Gasteiger partial charge in [-0.2, -0.15) is 4.73 Å². The maximum Gasteiger partial charge on any atom is 0.245 e. The summed E-state index contributed by atoms with van der Waals surface area (Å²) in [7, 11) is 1.56. The molecule has 11 nitrogen and oxygen atoms in total. The highest BCUT2D eigenvalue weighted by Crippen LogP contribution is 2.24. The molecule has 2 unspecified atom stereocenters. The van der Waals surface area contributed by atoms with Crippen molar-refractivity contribution in [2.45, 2.75) is 116 Å². The minimum Gasteiger partial charge on any atom is -0.417 e. The van der Waals surface area contributed by atoms with Crippen LogP contribution in [0, 0.1) is 5.92 Å². The molecule has 11 heteroatoms. The predicted octanol–water partition coefficient (Wildman–Crippen LogP) is 3.07. The van der Waals surface area contributed by atoms with E-state index in [1.165, 1.54) is 0 Å². The number of piperidine rings is 1. The Labute approximate surface area is 265 Å². The first kappa shape index (κ1) is 34.0. The topological polar surface area (TPSA) is 139 Å². The molecular formula is C34H49N5O6. The molecule has 0 saturated carbocycles. The quantitative estimate of drug-likeness (QED) is 0.311. The SMILES string of the molecule is CCC(=O)CCCCC[C@@H]1NC(=O)C(Cc2cn(OC)c3ccccc23)NC(=O)[C@H]([C@@H](C)CC)NC(=O)C2CCCCN2C1=O. The van der Waals surface area contributed by atoms with Crippen LogP contribution in [0.1, 0.15) is 90.5 Å². The van der Waals surface area contributed by atoms with Gasteiger partial charge in [-0.1, -0.05) is 58.2 Å². The van der Waals surface area contributed by atoms with Crippen molar-refractivity contribution >= 4 is 40.3 Å². The third kappa shape index (κ3) is 8.23. The average Bonchev–Trinajstić information content (AvgIpc) is 3.41. The summed E-state index contributed by atoms with van der Waals surface area (Å²) in [5, 5.41) is 9.75. The van der Waals surface area contributed by atoms with E-state index in [1.807, 2.05) is 45.0 Å². The Kier molecular flexibility index (Phi) is 12.0. The largest absolute Gasteiger partial charge is 0.417 e. The lowest BCUT2D eigenvalue weighted by atomic mass is 9.94. The van der Waals surface area contributed by atoms with Crippen LogP contribution >= 0.6 is 0 Å². The van der Waals surface area contributed by atoms with Crippen LogP contribution in [0.15, 0.2) is 30.5 Å². The Bertz CT molecular complexity index is 1370. The number of rotatable bonds is 12. The van der Waals surface area contributed by atoms with Crippen LogP contribution in [0.2, 0.25) is 0 Å². The maximum atomic E-state index is 14.1. The van der Waals surface area contributed by atoms with Crippen molar-refractivity contribution < 1.29 is 28.8 Å². The second-order valence-corrected chi connectivity index (χ2v) is 12.4. The summed E-state index contributed by atoms with van der Waals surface area (Å²) in [4.78, 5) is 74.6. The van der Waals surface area contributed by atoms with Crippen LogP contribution < -0.4 is 20.8 Å². The molecule has 2 aromatic rings. The van der Waals surface area contributed by atoms with E-state index in [-0.39, 0.29) is 29.9 Å². The first-order valence-electron chi connectivity index (χ1n) is 16.5. The average molecular weight is 624 g/mol. The van der Waals surface area contributed by atoms with Crippen LogP contribution in [-0.4, -0.2) is 76.9 Å². The van der Waals surface area contributed by atoms with Gasteiger partial charge in [-0.3, -0.25) is 24.0 Å². The van der Waals surface area contributed by atoms with Crippen LogP contribution in [-0.2, 0) is 30.4 Å². The monoisotopic (exact) mass is 623 g/mol. The number of amides is 4. The van der Waals surface area contributed by atoms with E-state index in [9.17, 15) is 24.0 Å². The van der Waals surface area contributed by atoms with Crippen molar-refractivity contribution in [2.24, 2.45) is 5.92 Å². The second kappa shape index (κ2) is 15.9. The fourth-order valence-corrected chi connectivity index (χ4v) is 6.40. The van der Waals surface area contributed by atoms with Gasteiger partial charge in [-0.05, 0) is 49.7 Å². The summed E-state index contributed by atoms with van der Waals surface area (Å²) in [6.45, 7) is 6.10. The molecule has 0 bridgehead atoms. The number of para-hydroxylation sites is 1. The molecule has 5 atom stereocenters. The molecule has 0 aliphatic carbocycles. The third-order valence-corrected chi connectivity index (χ3v) is 9.35. The molecule has 1 aromatic heterocycles. The summed E-state index contributed by atoms with van der Waals surface area (Å²) in [6.07, 6.45) is 8.10. The van der Waals surface area contributed by atoms with Crippen LogP contribution in [0.3, 0.4) is 0 Å². The van der Waals surface area contributed by atoms with E-state index >= 15 is 0 Å². The molecular weight excluding hydrogens is 574 g/mol. The zero-order valence-electron chi connectivity index (χ0n) is 27.1. The number of ketones is 1. The molecule has 3 heterocycles. The van der Waals surface area contributed by atoms with Crippen LogP contribution in [0.4, 0.5) is 0 Å². The number of carbonyl (C=O) groups is 5. The van der Waals surface area contributed by atoms with Gasteiger partial charge in [0.1, 0.15) is 37.1 Å². The Balaban J connectivity index is 1.67. The first-order chi connectivity index (χ1) is 21.7. The van der Waals surface area contributed by atoms with E-state index in [4.69, 9.17) is 4.84 Å². The Morgan fingerprint density at radius 3 is 2.44 bits per heavy atom. The van der Waals surface area contributed by atoms with Gasteiger partial charge < -0.3 is 25.7 Å². The normalized spacial score (nSPS) is 23.7. The molecule has 1 aromatic carbocycles. The molecule has 2 aliphatic rings. The number of hydrogen-bond acceptors (Lipinski definition) is 6. The highest BCUT2D eigenvalue weighted by Gasteiger charge is 2.40. The zero-order chi connectivity index (χ0) is 32.5. The first-order valence-corrected chi connectivity index (χ1v) is 16.5. The lowest BCUT2D eigenvalue weighted by Gasteiger charge is -2.39. The Morgan fingerprint density at radius 1 is 0.956 bits per heavy atom. The number of benzene rings is 1. The molecule has 2 fully saturated rings. The molecule has 45 heavy (non-hydrogen) atoms. The fourth-order valence-electron chi connectivity index (χ4n) is 6.40. The minimum atomic E-state index is -1.01. The number of unbranched alkanes of at least 4 members (excludes halogenated alkanes) is 2. The maximum absolute atomic E-state index is 14.1. The van der Waals surface area contributed by atoms with Gasteiger partial charge in [0.25, 0.3) is 0 Å². The number of aromatic nitrogens is 1. The van der Waals surface area contributed by atoms with Gasteiger partial charge in [0.2, 0.25) is 23.6 Å². The summed E-state index contributed by atoms with van der Waals surface area (Å²) in [5.41, 5.74) is 1.62. The molecule has 4 amide bonds. The Hall–Kier alpha value is -3.89. The second-order valence-electron chi connectivity index (χ2n) is 12.4.